The first kappa shape index (κ1) is 18.4. The minimum absolute atomic E-state index is 0.0583. The maximum absolute atomic E-state index is 11.8. The summed E-state index contributed by atoms with van der Waals surface area (Å²) in [6, 6.07) is 8.07. The minimum atomic E-state index is -1.47. The highest BCUT2D eigenvalue weighted by Crippen LogP contribution is 2.04. The molecule has 0 aliphatic carbocycles. The molecule has 0 aliphatic heterocycles. The largest absolute Gasteiger partial charge is 0.465 e. The third kappa shape index (κ3) is 7.82. The standard InChI is InChI=1S/C15H21N3O5/c16-9-5-4-8-12(13(19)18-14(20)21)17-15(22)23-10-11-6-2-1-3-7-11/h1-3,6-7,12H,4-5,8-10,16H2,(H,17,22)(H,18,19)(H,20,21). The van der Waals surface area contributed by atoms with Gasteiger partial charge < -0.3 is 20.9 Å². The summed E-state index contributed by atoms with van der Waals surface area (Å²) in [5.74, 6) is -0.800. The quantitative estimate of drug-likeness (QED) is 0.532. The molecule has 126 valence electrons. The Labute approximate surface area is 134 Å². The number of nitrogens with one attached hydrogen (secondary N) is 2. The maximum Gasteiger partial charge on any atom is 0.411 e. The highest BCUT2D eigenvalue weighted by atomic mass is 16.5. The fourth-order valence-corrected chi connectivity index (χ4v) is 1.86. The van der Waals surface area contributed by atoms with Crippen molar-refractivity contribution in [3.63, 3.8) is 0 Å². The van der Waals surface area contributed by atoms with Gasteiger partial charge in [0.05, 0.1) is 0 Å². The number of amides is 3. The summed E-state index contributed by atoms with van der Waals surface area (Å²) in [6.07, 6.45) is -0.743. The van der Waals surface area contributed by atoms with Gasteiger partial charge in [-0.05, 0) is 31.4 Å². The molecular weight excluding hydrogens is 302 g/mol. The average Bonchev–Trinajstić information content (AvgIpc) is 2.52. The van der Waals surface area contributed by atoms with E-state index < -0.39 is 24.1 Å². The van der Waals surface area contributed by atoms with Gasteiger partial charge in [0.1, 0.15) is 12.6 Å². The number of unbranched alkanes of at least 4 members (excludes halogenated alkanes) is 1. The van der Waals surface area contributed by atoms with Crippen molar-refractivity contribution in [1.29, 1.82) is 0 Å². The van der Waals surface area contributed by atoms with Crippen LogP contribution < -0.4 is 16.4 Å². The highest BCUT2D eigenvalue weighted by Gasteiger charge is 2.22. The number of hydrogen-bond acceptors (Lipinski definition) is 5. The van der Waals surface area contributed by atoms with E-state index in [2.05, 4.69) is 5.32 Å². The summed E-state index contributed by atoms with van der Waals surface area (Å²) in [7, 11) is 0. The van der Waals surface area contributed by atoms with Gasteiger partial charge in [-0.3, -0.25) is 10.1 Å². The lowest BCUT2D eigenvalue weighted by atomic mass is 10.1. The molecule has 0 spiro atoms. The smallest absolute Gasteiger partial charge is 0.411 e. The predicted octanol–water partition coefficient (Wildman–Crippen LogP) is 1.20. The number of imide groups is 1. The number of rotatable bonds is 8. The Hall–Kier alpha value is -2.61. The molecule has 0 fully saturated rings. The van der Waals surface area contributed by atoms with Gasteiger partial charge in [-0.25, -0.2) is 9.59 Å². The van der Waals surface area contributed by atoms with Crippen molar-refractivity contribution >= 4 is 18.1 Å². The second kappa shape index (κ2) is 10.2. The van der Waals surface area contributed by atoms with Gasteiger partial charge in [0, 0.05) is 0 Å². The lowest BCUT2D eigenvalue weighted by Crippen LogP contribution is -2.48. The van der Waals surface area contributed by atoms with Crippen LogP contribution in [0.5, 0.6) is 0 Å². The molecule has 5 N–H and O–H groups in total. The number of carbonyl (C=O) groups is 3. The molecule has 0 radical (unpaired) electrons. The van der Waals surface area contributed by atoms with E-state index in [0.717, 1.165) is 5.56 Å². The van der Waals surface area contributed by atoms with Crippen molar-refractivity contribution < 1.29 is 24.2 Å². The SMILES string of the molecule is NCCCCC(NC(=O)OCc1ccccc1)C(=O)NC(=O)O. The molecule has 0 saturated carbocycles. The minimum Gasteiger partial charge on any atom is -0.465 e. The van der Waals surface area contributed by atoms with Gasteiger partial charge in [0.25, 0.3) is 5.91 Å². The van der Waals surface area contributed by atoms with Crippen LogP contribution in [0.15, 0.2) is 30.3 Å². The Balaban J connectivity index is 2.51. The van der Waals surface area contributed by atoms with Crippen LogP contribution in [0.4, 0.5) is 9.59 Å². The Morgan fingerprint density at radius 3 is 2.48 bits per heavy atom. The Bertz CT molecular complexity index is 521. The molecular formula is C15H21N3O5. The molecule has 1 unspecified atom stereocenters. The van der Waals surface area contributed by atoms with Crippen LogP contribution in [-0.2, 0) is 16.1 Å². The van der Waals surface area contributed by atoms with Crippen LogP contribution in [0.3, 0.4) is 0 Å². The van der Waals surface area contributed by atoms with Crippen molar-refractivity contribution in [2.24, 2.45) is 5.73 Å². The fraction of sp³-hybridized carbons (Fsp3) is 0.400. The van der Waals surface area contributed by atoms with E-state index in [1.54, 1.807) is 17.4 Å². The lowest BCUT2D eigenvalue weighted by molar-refractivity contribution is -0.122. The Kier molecular flexibility index (Phi) is 8.16. The molecule has 1 rings (SSSR count). The summed E-state index contributed by atoms with van der Waals surface area (Å²) >= 11 is 0. The van der Waals surface area contributed by atoms with E-state index in [-0.39, 0.29) is 13.0 Å². The Morgan fingerprint density at radius 2 is 1.87 bits per heavy atom. The van der Waals surface area contributed by atoms with Crippen molar-refractivity contribution in [3.05, 3.63) is 35.9 Å². The van der Waals surface area contributed by atoms with E-state index in [1.165, 1.54) is 0 Å². The third-order valence-corrected chi connectivity index (χ3v) is 3.00. The van der Waals surface area contributed by atoms with Crippen LogP contribution in [0.1, 0.15) is 24.8 Å². The van der Waals surface area contributed by atoms with Gasteiger partial charge in [0.2, 0.25) is 0 Å². The van der Waals surface area contributed by atoms with E-state index in [0.29, 0.717) is 19.4 Å². The molecule has 8 nitrogen and oxygen atoms in total. The molecule has 8 heteroatoms. The summed E-state index contributed by atoms with van der Waals surface area (Å²) < 4.78 is 5.02. The van der Waals surface area contributed by atoms with E-state index >= 15 is 0 Å². The van der Waals surface area contributed by atoms with Gasteiger partial charge >= 0.3 is 12.2 Å². The lowest BCUT2D eigenvalue weighted by Gasteiger charge is -2.17. The molecule has 1 aromatic rings. The van der Waals surface area contributed by atoms with Crippen LogP contribution in [0.25, 0.3) is 0 Å². The second-order valence-corrected chi connectivity index (χ2v) is 4.84. The van der Waals surface area contributed by atoms with Crippen LogP contribution >= 0.6 is 0 Å². The van der Waals surface area contributed by atoms with Crippen molar-refractivity contribution in [2.45, 2.75) is 31.9 Å². The maximum atomic E-state index is 11.8. The number of alkyl carbamates (subject to hydrolysis) is 1. The number of hydrogen-bond donors (Lipinski definition) is 4. The first-order valence-electron chi connectivity index (χ1n) is 7.24. The van der Waals surface area contributed by atoms with Crippen molar-refractivity contribution in [3.8, 4) is 0 Å². The van der Waals surface area contributed by atoms with Crippen molar-refractivity contribution in [1.82, 2.24) is 10.6 Å². The second-order valence-electron chi connectivity index (χ2n) is 4.84. The van der Waals surface area contributed by atoms with E-state index in [4.69, 9.17) is 15.6 Å². The first-order chi connectivity index (χ1) is 11.0. The monoisotopic (exact) mass is 323 g/mol. The zero-order valence-electron chi connectivity index (χ0n) is 12.7. The molecule has 0 aromatic heterocycles. The highest BCUT2D eigenvalue weighted by molar-refractivity contribution is 5.95. The van der Waals surface area contributed by atoms with E-state index in [9.17, 15) is 14.4 Å². The summed E-state index contributed by atoms with van der Waals surface area (Å²) in [5, 5.41) is 12.7. The molecule has 0 saturated heterocycles. The zero-order chi connectivity index (χ0) is 17.1. The Morgan fingerprint density at radius 1 is 1.17 bits per heavy atom. The normalized spacial score (nSPS) is 11.3. The van der Waals surface area contributed by atoms with E-state index in [1.807, 2.05) is 18.2 Å². The molecule has 0 bridgehead atoms. The first-order valence-corrected chi connectivity index (χ1v) is 7.24. The molecule has 0 heterocycles. The van der Waals surface area contributed by atoms with Crippen LogP contribution in [0, 0.1) is 0 Å². The van der Waals surface area contributed by atoms with Gasteiger partial charge in [-0.2, -0.15) is 0 Å². The summed E-state index contributed by atoms with van der Waals surface area (Å²) in [6.45, 7) is 0.508. The number of nitrogens with two attached hydrogens (primary N) is 1. The fourth-order valence-electron chi connectivity index (χ4n) is 1.86. The molecule has 3 amide bonds. The van der Waals surface area contributed by atoms with Gasteiger partial charge in [-0.1, -0.05) is 30.3 Å². The van der Waals surface area contributed by atoms with Crippen molar-refractivity contribution in [2.75, 3.05) is 6.54 Å². The van der Waals surface area contributed by atoms with Gasteiger partial charge in [0.15, 0.2) is 0 Å². The number of ether oxygens (including phenoxy) is 1. The molecule has 1 atom stereocenters. The average molecular weight is 323 g/mol. The number of carboxylic acid groups (broad SMARTS) is 1. The third-order valence-electron chi connectivity index (χ3n) is 3.00. The van der Waals surface area contributed by atoms with Gasteiger partial charge in [-0.15, -0.1) is 0 Å². The summed E-state index contributed by atoms with van der Waals surface area (Å²) in [4.78, 5) is 34.1. The molecule has 0 aliphatic rings. The molecule has 1 aromatic carbocycles. The number of carbonyl (C=O) groups excluding carboxylic acids is 2. The molecule has 23 heavy (non-hydrogen) atoms. The topological polar surface area (TPSA) is 131 Å². The van der Waals surface area contributed by atoms with Crippen LogP contribution in [-0.4, -0.2) is 35.8 Å². The number of benzene rings is 1. The zero-order valence-corrected chi connectivity index (χ0v) is 12.7. The van der Waals surface area contributed by atoms with Crippen LogP contribution in [0.2, 0.25) is 0 Å². The summed E-state index contributed by atoms with van der Waals surface area (Å²) in [5.41, 5.74) is 6.18. The predicted molar refractivity (Wildman–Crippen MR) is 82.6 cm³/mol.